The van der Waals surface area contributed by atoms with Crippen molar-refractivity contribution in [3.05, 3.63) is 46.6 Å². The number of halogens is 1. The largest absolute Gasteiger partial charge is 0.361 e. The van der Waals surface area contributed by atoms with E-state index in [2.05, 4.69) is 20.5 Å². The zero-order valence-corrected chi connectivity index (χ0v) is 12.6. The van der Waals surface area contributed by atoms with Gasteiger partial charge in [-0.05, 0) is 31.4 Å². The van der Waals surface area contributed by atoms with E-state index in [0.717, 1.165) is 30.0 Å². The van der Waals surface area contributed by atoms with E-state index in [1.54, 1.807) is 16.9 Å². The van der Waals surface area contributed by atoms with Crippen molar-refractivity contribution in [2.24, 2.45) is 0 Å². The van der Waals surface area contributed by atoms with Gasteiger partial charge in [0.1, 0.15) is 17.1 Å². The summed E-state index contributed by atoms with van der Waals surface area (Å²) in [7, 11) is 0. The van der Waals surface area contributed by atoms with Crippen LogP contribution in [0.1, 0.15) is 29.9 Å². The Morgan fingerprint density at radius 3 is 2.95 bits per heavy atom. The molecular formula is C15H14ClN5O. The van der Waals surface area contributed by atoms with Crippen molar-refractivity contribution in [1.82, 2.24) is 25.1 Å². The van der Waals surface area contributed by atoms with Crippen molar-refractivity contribution in [3.63, 3.8) is 0 Å². The van der Waals surface area contributed by atoms with Gasteiger partial charge in [-0.1, -0.05) is 22.0 Å². The van der Waals surface area contributed by atoms with E-state index >= 15 is 0 Å². The van der Waals surface area contributed by atoms with Crippen LogP contribution in [0.25, 0.3) is 11.4 Å². The Morgan fingerprint density at radius 2 is 2.09 bits per heavy atom. The van der Waals surface area contributed by atoms with Gasteiger partial charge < -0.3 is 4.52 Å². The van der Waals surface area contributed by atoms with Crippen LogP contribution in [-0.2, 0) is 19.4 Å². The molecule has 1 aliphatic rings. The second-order valence-corrected chi connectivity index (χ2v) is 5.84. The fourth-order valence-electron chi connectivity index (χ4n) is 2.75. The highest BCUT2D eigenvalue weighted by Gasteiger charge is 2.19. The maximum Gasteiger partial charge on any atom is 0.140 e. The van der Waals surface area contributed by atoms with Crippen LogP contribution in [0.4, 0.5) is 0 Å². The van der Waals surface area contributed by atoms with Crippen molar-refractivity contribution >= 4 is 11.6 Å². The maximum atomic E-state index is 5.84. The molecule has 0 atom stereocenters. The molecule has 4 rings (SSSR count). The summed E-state index contributed by atoms with van der Waals surface area (Å²) in [6, 6.07) is 3.62. The van der Waals surface area contributed by atoms with E-state index in [-0.39, 0.29) is 0 Å². The smallest absolute Gasteiger partial charge is 0.140 e. The lowest BCUT2D eigenvalue weighted by Crippen LogP contribution is -2.06. The third-order valence-corrected chi connectivity index (χ3v) is 4.10. The zero-order chi connectivity index (χ0) is 14.9. The molecule has 0 N–H and O–H groups in total. The fourth-order valence-corrected chi connectivity index (χ4v) is 2.86. The monoisotopic (exact) mass is 315 g/mol. The fraction of sp³-hybridized carbons (Fsp3) is 0.333. The molecule has 112 valence electrons. The number of aromatic nitrogens is 5. The van der Waals surface area contributed by atoms with Crippen LogP contribution in [-0.4, -0.2) is 25.1 Å². The van der Waals surface area contributed by atoms with E-state index in [4.69, 9.17) is 16.1 Å². The molecule has 3 aromatic heterocycles. The standard InChI is InChI=1S/C15H14ClN5O/c16-10-5-6-12(17-7-10)14-9-21(20-18-14)8-13-11-3-1-2-4-15(11)22-19-13/h5-7,9H,1-4,8H2. The average molecular weight is 316 g/mol. The van der Waals surface area contributed by atoms with E-state index in [1.807, 2.05) is 12.3 Å². The maximum absolute atomic E-state index is 5.84. The first-order valence-electron chi connectivity index (χ1n) is 7.28. The van der Waals surface area contributed by atoms with Crippen molar-refractivity contribution in [2.75, 3.05) is 0 Å². The summed E-state index contributed by atoms with van der Waals surface area (Å²) in [5.41, 5.74) is 3.66. The molecule has 0 saturated heterocycles. The molecule has 0 saturated carbocycles. The number of fused-ring (bicyclic) bond motifs is 1. The third kappa shape index (κ3) is 2.50. The van der Waals surface area contributed by atoms with Crippen molar-refractivity contribution < 1.29 is 4.52 Å². The van der Waals surface area contributed by atoms with Crippen LogP contribution in [0.15, 0.2) is 29.0 Å². The first-order valence-corrected chi connectivity index (χ1v) is 7.66. The Labute approximate surface area is 132 Å². The van der Waals surface area contributed by atoms with Gasteiger partial charge in [0.25, 0.3) is 0 Å². The summed E-state index contributed by atoms with van der Waals surface area (Å²) < 4.78 is 7.19. The summed E-state index contributed by atoms with van der Waals surface area (Å²) >= 11 is 5.84. The number of hydrogen-bond donors (Lipinski definition) is 0. The van der Waals surface area contributed by atoms with Gasteiger partial charge in [-0.2, -0.15) is 0 Å². The minimum absolute atomic E-state index is 0.569. The molecule has 0 fully saturated rings. The van der Waals surface area contributed by atoms with Gasteiger partial charge in [0.05, 0.1) is 23.5 Å². The number of nitrogens with zero attached hydrogens (tertiary/aromatic N) is 5. The molecule has 6 nitrogen and oxygen atoms in total. The third-order valence-electron chi connectivity index (χ3n) is 3.87. The first kappa shape index (κ1) is 13.5. The predicted molar refractivity (Wildman–Crippen MR) is 80.5 cm³/mol. The van der Waals surface area contributed by atoms with Crippen LogP contribution < -0.4 is 0 Å². The van der Waals surface area contributed by atoms with Crippen molar-refractivity contribution in [1.29, 1.82) is 0 Å². The summed E-state index contributed by atoms with van der Waals surface area (Å²) in [4.78, 5) is 4.25. The molecule has 1 aliphatic carbocycles. The molecule has 0 radical (unpaired) electrons. The molecule has 3 heterocycles. The van der Waals surface area contributed by atoms with Crippen LogP contribution in [0, 0.1) is 0 Å². The number of rotatable bonds is 3. The topological polar surface area (TPSA) is 69.6 Å². The number of pyridine rings is 1. The molecule has 0 spiro atoms. The lowest BCUT2D eigenvalue weighted by molar-refractivity contribution is 0.366. The Bertz CT molecular complexity index is 793. The molecule has 0 unspecified atom stereocenters. The lowest BCUT2D eigenvalue weighted by atomic mass is 9.96. The summed E-state index contributed by atoms with van der Waals surface area (Å²) in [6.07, 6.45) is 7.86. The Balaban J connectivity index is 1.57. The lowest BCUT2D eigenvalue weighted by Gasteiger charge is -2.08. The second-order valence-electron chi connectivity index (χ2n) is 5.40. The summed E-state index contributed by atoms with van der Waals surface area (Å²) in [5, 5.41) is 13.1. The number of aryl methyl sites for hydroxylation is 1. The molecule has 0 amide bonds. The van der Waals surface area contributed by atoms with E-state index < -0.39 is 0 Å². The molecule has 7 heteroatoms. The summed E-state index contributed by atoms with van der Waals surface area (Å²) in [5.74, 6) is 1.03. The van der Waals surface area contributed by atoms with Gasteiger partial charge in [0.2, 0.25) is 0 Å². The Hall–Kier alpha value is -2.21. The minimum Gasteiger partial charge on any atom is -0.361 e. The van der Waals surface area contributed by atoms with Crippen LogP contribution in [0.2, 0.25) is 5.02 Å². The van der Waals surface area contributed by atoms with Gasteiger partial charge in [0.15, 0.2) is 0 Å². The van der Waals surface area contributed by atoms with Gasteiger partial charge in [-0.3, -0.25) is 4.98 Å². The molecule has 3 aromatic rings. The van der Waals surface area contributed by atoms with Gasteiger partial charge in [0, 0.05) is 18.2 Å². The normalized spacial score (nSPS) is 14.0. The van der Waals surface area contributed by atoms with Crippen LogP contribution in [0.5, 0.6) is 0 Å². The predicted octanol–water partition coefficient (Wildman–Crippen LogP) is 2.91. The molecule has 22 heavy (non-hydrogen) atoms. The zero-order valence-electron chi connectivity index (χ0n) is 11.9. The second kappa shape index (κ2) is 5.53. The van der Waals surface area contributed by atoms with Gasteiger partial charge in [-0.25, -0.2) is 4.68 Å². The van der Waals surface area contributed by atoms with E-state index in [1.165, 1.54) is 18.4 Å². The molecule has 0 aromatic carbocycles. The minimum atomic E-state index is 0.569. The summed E-state index contributed by atoms with van der Waals surface area (Å²) in [6.45, 7) is 0.569. The SMILES string of the molecule is Clc1ccc(-c2cn(Cc3noc4c3CCCC4)nn2)nc1. The van der Waals surface area contributed by atoms with Crippen molar-refractivity contribution in [3.8, 4) is 11.4 Å². The average Bonchev–Trinajstić information content (AvgIpc) is 3.16. The highest BCUT2D eigenvalue weighted by Crippen LogP contribution is 2.25. The van der Waals surface area contributed by atoms with E-state index in [0.29, 0.717) is 17.3 Å². The van der Waals surface area contributed by atoms with Crippen LogP contribution in [0.3, 0.4) is 0 Å². The Kier molecular flexibility index (Phi) is 3.38. The van der Waals surface area contributed by atoms with E-state index in [9.17, 15) is 0 Å². The van der Waals surface area contributed by atoms with Gasteiger partial charge >= 0.3 is 0 Å². The quantitative estimate of drug-likeness (QED) is 0.743. The first-order chi connectivity index (χ1) is 10.8. The Morgan fingerprint density at radius 1 is 1.18 bits per heavy atom. The molecular weight excluding hydrogens is 302 g/mol. The highest BCUT2D eigenvalue weighted by molar-refractivity contribution is 6.30. The van der Waals surface area contributed by atoms with Gasteiger partial charge in [-0.15, -0.1) is 5.10 Å². The van der Waals surface area contributed by atoms with Crippen molar-refractivity contribution in [2.45, 2.75) is 32.2 Å². The molecule has 0 bridgehead atoms. The number of hydrogen-bond acceptors (Lipinski definition) is 5. The molecule has 0 aliphatic heterocycles. The highest BCUT2D eigenvalue weighted by atomic mass is 35.5. The van der Waals surface area contributed by atoms with Crippen LogP contribution >= 0.6 is 11.6 Å².